The van der Waals surface area contributed by atoms with Crippen molar-refractivity contribution in [1.29, 1.82) is 0 Å². The summed E-state index contributed by atoms with van der Waals surface area (Å²) in [6.45, 7) is 11.5. The molecule has 1 atom stereocenters. The number of hydrogen-bond acceptors (Lipinski definition) is 7. The van der Waals surface area contributed by atoms with Crippen molar-refractivity contribution in [3.05, 3.63) is 5.82 Å². The lowest BCUT2D eigenvalue weighted by Gasteiger charge is -2.39. The highest BCUT2D eigenvalue weighted by molar-refractivity contribution is 5.88. The second-order valence-corrected chi connectivity index (χ2v) is 7.58. The number of piperazine rings is 1. The van der Waals surface area contributed by atoms with E-state index in [0.29, 0.717) is 44.6 Å². The molecule has 1 aromatic rings. The summed E-state index contributed by atoms with van der Waals surface area (Å²) in [7, 11) is 0. The zero-order valence-corrected chi connectivity index (χ0v) is 16.4. The van der Waals surface area contributed by atoms with Crippen LogP contribution in [0.4, 0.5) is 0 Å². The van der Waals surface area contributed by atoms with E-state index in [1.165, 1.54) is 4.68 Å². The topological polar surface area (TPSA) is 96.7 Å². The number of ether oxygens (including phenoxy) is 1. The lowest BCUT2D eigenvalue weighted by atomic mass is 10.1. The maximum Gasteiger partial charge on any atom is 0.245 e. The van der Waals surface area contributed by atoms with Crippen LogP contribution in [0.3, 0.4) is 0 Å². The molecule has 0 unspecified atom stereocenters. The number of tetrazole rings is 1. The predicted molar refractivity (Wildman–Crippen MR) is 96.5 cm³/mol. The molecule has 1 aromatic heterocycles. The van der Waals surface area contributed by atoms with Crippen LogP contribution in [-0.4, -0.2) is 98.7 Å². The molecule has 2 amide bonds. The molecule has 0 saturated carbocycles. The summed E-state index contributed by atoms with van der Waals surface area (Å²) < 4.78 is 6.89. The first-order valence-corrected chi connectivity index (χ1v) is 9.59. The van der Waals surface area contributed by atoms with E-state index in [1.54, 1.807) is 11.8 Å². The summed E-state index contributed by atoms with van der Waals surface area (Å²) in [6, 6.07) is -0.454. The zero-order valence-electron chi connectivity index (χ0n) is 16.4. The van der Waals surface area contributed by atoms with E-state index in [1.807, 2.05) is 4.90 Å². The van der Waals surface area contributed by atoms with Crippen molar-refractivity contribution in [2.45, 2.75) is 39.9 Å². The first kappa shape index (κ1) is 19.7. The van der Waals surface area contributed by atoms with E-state index >= 15 is 0 Å². The molecule has 2 aliphatic rings. The molecular weight excluding hydrogens is 350 g/mol. The molecule has 3 rings (SSSR count). The highest BCUT2D eigenvalue weighted by Crippen LogP contribution is 2.14. The Bertz CT molecular complexity index is 657. The standard InChI is InChI=1S/C17H29N7O3/c1-13(2)10-22-4-5-23(14(3)17(22)26)16(25)12-24-15(18-19-20-24)11-21-6-8-27-9-7-21/h13-14H,4-12H2,1-3H3/t14-/m0/s1. The van der Waals surface area contributed by atoms with Crippen LogP contribution in [-0.2, 0) is 27.4 Å². The van der Waals surface area contributed by atoms with Gasteiger partial charge < -0.3 is 14.5 Å². The van der Waals surface area contributed by atoms with Crippen molar-refractivity contribution in [2.75, 3.05) is 45.9 Å². The summed E-state index contributed by atoms with van der Waals surface area (Å²) >= 11 is 0. The number of nitrogens with zero attached hydrogens (tertiary/aromatic N) is 7. The molecule has 10 heteroatoms. The van der Waals surface area contributed by atoms with Crippen LogP contribution in [0, 0.1) is 5.92 Å². The van der Waals surface area contributed by atoms with Gasteiger partial charge in [-0.2, -0.15) is 0 Å². The summed E-state index contributed by atoms with van der Waals surface area (Å²) in [6.07, 6.45) is 0. The number of carbonyl (C=O) groups excluding carboxylic acids is 2. The lowest BCUT2D eigenvalue weighted by molar-refractivity contribution is -0.151. The Morgan fingerprint density at radius 1 is 1.22 bits per heavy atom. The summed E-state index contributed by atoms with van der Waals surface area (Å²) in [5, 5.41) is 11.8. The van der Waals surface area contributed by atoms with Gasteiger partial charge in [0.25, 0.3) is 0 Å². The number of rotatable bonds is 6. The van der Waals surface area contributed by atoms with Crippen molar-refractivity contribution in [3.63, 3.8) is 0 Å². The van der Waals surface area contributed by atoms with Crippen LogP contribution in [0.2, 0.25) is 0 Å². The minimum Gasteiger partial charge on any atom is -0.379 e. The van der Waals surface area contributed by atoms with Crippen molar-refractivity contribution in [1.82, 2.24) is 34.9 Å². The molecule has 0 aromatic carbocycles. The quantitative estimate of drug-likeness (QED) is 0.640. The monoisotopic (exact) mass is 379 g/mol. The lowest BCUT2D eigenvalue weighted by Crippen LogP contribution is -2.58. The number of aromatic nitrogens is 4. The normalized spacial score (nSPS) is 21.9. The van der Waals surface area contributed by atoms with Crippen LogP contribution < -0.4 is 0 Å². The van der Waals surface area contributed by atoms with E-state index in [4.69, 9.17) is 4.74 Å². The fraction of sp³-hybridized carbons (Fsp3) is 0.824. The second kappa shape index (κ2) is 8.75. The van der Waals surface area contributed by atoms with E-state index in [2.05, 4.69) is 34.3 Å². The maximum absolute atomic E-state index is 12.8. The minimum absolute atomic E-state index is 0.00792. The second-order valence-electron chi connectivity index (χ2n) is 7.58. The molecule has 0 radical (unpaired) electrons. The van der Waals surface area contributed by atoms with Gasteiger partial charge in [-0.1, -0.05) is 13.8 Å². The van der Waals surface area contributed by atoms with Gasteiger partial charge in [-0.15, -0.1) is 5.10 Å². The van der Waals surface area contributed by atoms with Crippen molar-refractivity contribution < 1.29 is 14.3 Å². The Labute approximate surface area is 159 Å². The first-order chi connectivity index (χ1) is 13.0. The van der Waals surface area contributed by atoms with Gasteiger partial charge in [0.2, 0.25) is 11.8 Å². The van der Waals surface area contributed by atoms with E-state index in [-0.39, 0.29) is 18.4 Å². The third-order valence-electron chi connectivity index (χ3n) is 5.01. The van der Waals surface area contributed by atoms with Gasteiger partial charge in [-0.25, -0.2) is 4.68 Å². The van der Waals surface area contributed by atoms with Crippen molar-refractivity contribution in [2.24, 2.45) is 5.92 Å². The number of amides is 2. The molecular formula is C17H29N7O3. The molecule has 0 aliphatic carbocycles. The number of hydrogen-bond donors (Lipinski definition) is 0. The average Bonchev–Trinajstić information content (AvgIpc) is 3.06. The van der Waals surface area contributed by atoms with Crippen LogP contribution >= 0.6 is 0 Å². The van der Waals surface area contributed by atoms with Gasteiger partial charge in [0.15, 0.2) is 5.82 Å². The van der Waals surface area contributed by atoms with Gasteiger partial charge in [-0.3, -0.25) is 14.5 Å². The molecule has 0 N–H and O–H groups in total. The van der Waals surface area contributed by atoms with E-state index < -0.39 is 6.04 Å². The predicted octanol–water partition coefficient (Wildman–Crippen LogP) is -0.779. The largest absolute Gasteiger partial charge is 0.379 e. The van der Waals surface area contributed by atoms with Gasteiger partial charge >= 0.3 is 0 Å². The Morgan fingerprint density at radius 2 is 1.96 bits per heavy atom. The van der Waals surface area contributed by atoms with Gasteiger partial charge in [0.1, 0.15) is 12.6 Å². The Morgan fingerprint density at radius 3 is 2.67 bits per heavy atom. The third kappa shape index (κ3) is 4.81. The highest BCUT2D eigenvalue weighted by atomic mass is 16.5. The molecule has 150 valence electrons. The molecule has 0 bridgehead atoms. The van der Waals surface area contributed by atoms with E-state index in [0.717, 1.165) is 19.6 Å². The molecule has 2 saturated heterocycles. The molecule has 3 heterocycles. The molecule has 27 heavy (non-hydrogen) atoms. The van der Waals surface area contributed by atoms with E-state index in [9.17, 15) is 9.59 Å². The molecule has 2 fully saturated rings. The number of morpholine rings is 1. The fourth-order valence-electron chi connectivity index (χ4n) is 3.53. The van der Waals surface area contributed by atoms with Crippen LogP contribution in [0.5, 0.6) is 0 Å². The smallest absolute Gasteiger partial charge is 0.245 e. The summed E-state index contributed by atoms with van der Waals surface area (Å²) in [5.41, 5.74) is 0. The van der Waals surface area contributed by atoms with Crippen LogP contribution in [0.15, 0.2) is 0 Å². The maximum atomic E-state index is 12.8. The molecule has 2 aliphatic heterocycles. The molecule has 10 nitrogen and oxygen atoms in total. The minimum atomic E-state index is -0.454. The van der Waals surface area contributed by atoms with Crippen molar-refractivity contribution in [3.8, 4) is 0 Å². The van der Waals surface area contributed by atoms with Crippen molar-refractivity contribution >= 4 is 11.8 Å². The van der Waals surface area contributed by atoms with Gasteiger partial charge in [-0.05, 0) is 23.3 Å². The summed E-state index contributed by atoms with van der Waals surface area (Å²) in [4.78, 5) is 31.1. The highest BCUT2D eigenvalue weighted by Gasteiger charge is 2.34. The van der Waals surface area contributed by atoms with Crippen LogP contribution in [0.1, 0.15) is 26.6 Å². The van der Waals surface area contributed by atoms with Gasteiger partial charge in [0.05, 0.1) is 19.8 Å². The first-order valence-electron chi connectivity index (χ1n) is 9.59. The van der Waals surface area contributed by atoms with Crippen LogP contribution in [0.25, 0.3) is 0 Å². The average molecular weight is 379 g/mol. The zero-order chi connectivity index (χ0) is 19.4. The SMILES string of the molecule is CC(C)CN1CCN(C(=O)Cn2nnnc2CN2CCOCC2)[C@@H](C)C1=O. The molecule has 0 spiro atoms. The summed E-state index contributed by atoms with van der Waals surface area (Å²) in [5.74, 6) is 0.944. The Balaban J connectivity index is 1.59. The Kier molecular flexibility index (Phi) is 6.38. The third-order valence-corrected chi connectivity index (χ3v) is 5.01. The Hall–Kier alpha value is -2.07. The van der Waals surface area contributed by atoms with Gasteiger partial charge in [0, 0.05) is 32.7 Å². The fourth-order valence-corrected chi connectivity index (χ4v) is 3.53. The number of carbonyl (C=O) groups is 2.